The van der Waals surface area contributed by atoms with Crippen molar-refractivity contribution < 1.29 is 4.79 Å². The quantitative estimate of drug-likeness (QED) is 0.318. The summed E-state index contributed by atoms with van der Waals surface area (Å²) >= 11 is 0. The fourth-order valence-electron chi connectivity index (χ4n) is 2.18. The smallest absolute Gasteiger partial charge is 0.252 e. The molecule has 1 aliphatic carbocycles. The van der Waals surface area contributed by atoms with Crippen LogP contribution in [-0.4, -0.2) is 42.5 Å². The van der Waals surface area contributed by atoms with Crippen LogP contribution in [0.4, 0.5) is 0 Å². The average Bonchev–Trinajstić information content (AvgIpc) is 3.05. The molecule has 0 saturated carbocycles. The zero-order valence-corrected chi connectivity index (χ0v) is 12.9. The molecule has 0 aliphatic heterocycles. The molecule has 0 unspecified atom stereocenters. The molecule has 0 radical (unpaired) electrons. The summed E-state index contributed by atoms with van der Waals surface area (Å²) < 4.78 is 0. The predicted octanol–water partition coefficient (Wildman–Crippen LogP) is 1.09. The maximum Gasteiger partial charge on any atom is 0.252 e. The minimum Gasteiger partial charge on any atom is -0.357 e. The number of nitrogens with zero attached hydrogens (tertiary/aromatic N) is 2. The van der Waals surface area contributed by atoms with Crippen molar-refractivity contribution in [3.05, 3.63) is 42.2 Å². The molecule has 1 amide bonds. The van der Waals surface area contributed by atoms with Gasteiger partial charge >= 0.3 is 0 Å². The first-order chi connectivity index (χ1) is 10.8. The number of guanidine groups is 1. The van der Waals surface area contributed by atoms with Gasteiger partial charge in [-0.1, -0.05) is 12.2 Å². The summed E-state index contributed by atoms with van der Waals surface area (Å²) in [5.41, 5.74) is 0.563. The molecule has 1 heterocycles. The van der Waals surface area contributed by atoms with Crippen molar-refractivity contribution in [3.63, 3.8) is 0 Å². The first-order valence-corrected chi connectivity index (χ1v) is 7.67. The second-order valence-electron chi connectivity index (χ2n) is 5.04. The number of rotatable bonds is 6. The summed E-state index contributed by atoms with van der Waals surface area (Å²) in [7, 11) is 0. The number of amides is 1. The Morgan fingerprint density at radius 1 is 1.36 bits per heavy atom. The number of carbonyl (C=O) groups is 1. The van der Waals surface area contributed by atoms with Gasteiger partial charge in [0.15, 0.2) is 5.96 Å². The number of carbonyl (C=O) groups excluding carboxylic acids is 1. The Labute approximate surface area is 131 Å². The fraction of sp³-hybridized carbons (Fsp3) is 0.438. The van der Waals surface area contributed by atoms with Crippen LogP contribution in [0.5, 0.6) is 0 Å². The molecule has 0 aromatic carbocycles. The minimum absolute atomic E-state index is 0.124. The van der Waals surface area contributed by atoms with Crippen molar-refractivity contribution in [2.45, 2.75) is 25.8 Å². The lowest BCUT2D eigenvalue weighted by Gasteiger charge is -2.16. The Balaban J connectivity index is 1.74. The van der Waals surface area contributed by atoms with Crippen LogP contribution in [-0.2, 0) is 0 Å². The van der Waals surface area contributed by atoms with Crippen LogP contribution in [0, 0.1) is 0 Å². The number of aliphatic imine (C=N–C) groups is 1. The van der Waals surface area contributed by atoms with E-state index >= 15 is 0 Å². The highest BCUT2D eigenvalue weighted by Gasteiger charge is 2.11. The van der Waals surface area contributed by atoms with Gasteiger partial charge in [0.05, 0.1) is 12.1 Å². The van der Waals surface area contributed by atoms with Crippen LogP contribution in [0.15, 0.2) is 41.7 Å². The molecule has 0 bridgehead atoms. The topological polar surface area (TPSA) is 78.4 Å². The molecule has 0 spiro atoms. The van der Waals surface area contributed by atoms with Crippen molar-refractivity contribution >= 4 is 11.9 Å². The molecular formula is C16H23N5O. The van der Waals surface area contributed by atoms with E-state index in [-0.39, 0.29) is 5.91 Å². The molecular weight excluding hydrogens is 278 g/mol. The Morgan fingerprint density at radius 2 is 2.18 bits per heavy atom. The van der Waals surface area contributed by atoms with E-state index in [0.717, 1.165) is 25.3 Å². The second-order valence-corrected chi connectivity index (χ2v) is 5.04. The summed E-state index contributed by atoms with van der Waals surface area (Å²) in [5, 5.41) is 9.44. The number of hydrogen-bond donors (Lipinski definition) is 3. The Hall–Kier alpha value is -2.37. The van der Waals surface area contributed by atoms with Crippen LogP contribution >= 0.6 is 0 Å². The van der Waals surface area contributed by atoms with Crippen LogP contribution in [0.3, 0.4) is 0 Å². The van der Waals surface area contributed by atoms with E-state index in [9.17, 15) is 4.79 Å². The number of aromatic nitrogens is 1. The highest BCUT2D eigenvalue weighted by atomic mass is 16.1. The highest BCUT2D eigenvalue weighted by Crippen LogP contribution is 2.08. The first kappa shape index (κ1) is 16.0. The lowest BCUT2D eigenvalue weighted by Crippen LogP contribution is -2.43. The molecule has 3 N–H and O–H groups in total. The van der Waals surface area contributed by atoms with Gasteiger partial charge in [-0.3, -0.25) is 14.8 Å². The average molecular weight is 301 g/mol. The first-order valence-electron chi connectivity index (χ1n) is 7.67. The SMILES string of the molecule is CCNC(=NCCNC(=O)c1cccnc1)NC1CC=CC1. The lowest BCUT2D eigenvalue weighted by atomic mass is 10.2. The summed E-state index contributed by atoms with van der Waals surface area (Å²) in [6.07, 6.45) is 9.61. The zero-order valence-electron chi connectivity index (χ0n) is 12.9. The fourth-order valence-corrected chi connectivity index (χ4v) is 2.18. The Bertz CT molecular complexity index is 519. The van der Waals surface area contributed by atoms with Gasteiger partial charge in [0.25, 0.3) is 5.91 Å². The van der Waals surface area contributed by atoms with Crippen LogP contribution < -0.4 is 16.0 Å². The minimum atomic E-state index is -0.124. The maximum atomic E-state index is 11.9. The molecule has 1 aromatic heterocycles. The van der Waals surface area contributed by atoms with Gasteiger partial charge < -0.3 is 16.0 Å². The third kappa shape index (κ3) is 5.20. The summed E-state index contributed by atoms with van der Waals surface area (Å²) in [5.74, 6) is 0.674. The number of nitrogens with one attached hydrogen (secondary N) is 3. The second kappa shape index (κ2) is 8.81. The zero-order chi connectivity index (χ0) is 15.6. The largest absolute Gasteiger partial charge is 0.357 e. The standard InChI is InChI=1S/C16H23N5O/c1-2-18-16(21-14-7-3-4-8-14)20-11-10-19-15(22)13-6-5-9-17-12-13/h3-6,9,12,14H,2,7-8,10-11H2,1H3,(H,19,22)(H2,18,20,21). The van der Waals surface area contributed by atoms with E-state index in [0.29, 0.717) is 24.7 Å². The van der Waals surface area contributed by atoms with Gasteiger partial charge in [0.2, 0.25) is 0 Å². The predicted molar refractivity (Wildman–Crippen MR) is 87.8 cm³/mol. The van der Waals surface area contributed by atoms with Gasteiger partial charge in [0, 0.05) is 31.5 Å². The highest BCUT2D eigenvalue weighted by molar-refractivity contribution is 5.93. The maximum absolute atomic E-state index is 11.9. The third-order valence-corrected chi connectivity index (χ3v) is 3.28. The molecule has 6 heteroatoms. The van der Waals surface area contributed by atoms with Crippen LogP contribution in [0.2, 0.25) is 0 Å². The Morgan fingerprint density at radius 3 is 2.86 bits per heavy atom. The van der Waals surface area contributed by atoms with Gasteiger partial charge in [-0.05, 0) is 31.9 Å². The van der Waals surface area contributed by atoms with Crippen molar-refractivity contribution in [2.75, 3.05) is 19.6 Å². The van der Waals surface area contributed by atoms with Crippen LogP contribution in [0.1, 0.15) is 30.1 Å². The molecule has 6 nitrogen and oxygen atoms in total. The van der Waals surface area contributed by atoms with Gasteiger partial charge in [0.1, 0.15) is 0 Å². The van der Waals surface area contributed by atoms with Crippen molar-refractivity contribution in [1.29, 1.82) is 0 Å². The van der Waals surface area contributed by atoms with Crippen LogP contribution in [0.25, 0.3) is 0 Å². The third-order valence-electron chi connectivity index (χ3n) is 3.28. The molecule has 0 saturated heterocycles. The van der Waals surface area contributed by atoms with E-state index in [4.69, 9.17) is 0 Å². The summed E-state index contributed by atoms with van der Waals surface area (Å²) in [6.45, 7) is 3.87. The molecule has 0 fully saturated rings. The van der Waals surface area contributed by atoms with E-state index in [1.54, 1.807) is 24.5 Å². The van der Waals surface area contributed by atoms with E-state index in [1.165, 1.54) is 0 Å². The molecule has 22 heavy (non-hydrogen) atoms. The van der Waals surface area contributed by atoms with Crippen molar-refractivity contribution in [2.24, 2.45) is 4.99 Å². The lowest BCUT2D eigenvalue weighted by molar-refractivity contribution is 0.0954. The number of pyridine rings is 1. The van der Waals surface area contributed by atoms with Gasteiger partial charge in [-0.2, -0.15) is 0 Å². The molecule has 2 rings (SSSR count). The number of hydrogen-bond acceptors (Lipinski definition) is 3. The molecule has 0 atom stereocenters. The molecule has 118 valence electrons. The van der Waals surface area contributed by atoms with Gasteiger partial charge in [-0.15, -0.1) is 0 Å². The summed E-state index contributed by atoms with van der Waals surface area (Å²) in [4.78, 5) is 20.3. The Kier molecular flexibility index (Phi) is 6.41. The molecule has 1 aromatic rings. The van der Waals surface area contributed by atoms with E-state index in [1.807, 2.05) is 6.92 Å². The monoisotopic (exact) mass is 301 g/mol. The van der Waals surface area contributed by atoms with E-state index in [2.05, 4.69) is 38.1 Å². The summed E-state index contributed by atoms with van der Waals surface area (Å²) in [6, 6.07) is 3.91. The van der Waals surface area contributed by atoms with Crippen molar-refractivity contribution in [1.82, 2.24) is 20.9 Å². The molecule has 1 aliphatic rings. The van der Waals surface area contributed by atoms with Gasteiger partial charge in [-0.25, -0.2) is 0 Å². The van der Waals surface area contributed by atoms with E-state index < -0.39 is 0 Å². The van der Waals surface area contributed by atoms with Crippen molar-refractivity contribution in [3.8, 4) is 0 Å². The normalized spacial score (nSPS) is 14.9.